The third-order valence-corrected chi connectivity index (χ3v) is 3.39. The van der Waals surface area contributed by atoms with E-state index in [2.05, 4.69) is 23.5 Å². The molecule has 0 amide bonds. The first-order valence-electron chi connectivity index (χ1n) is 6.04. The molecule has 2 nitrogen and oxygen atoms in total. The van der Waals surface area contributed by atoms with Gasteiger partial charge in [0.2, 0.25) is 0 Å². The number of hydrogen-bond acceptors (Lipinski definition) is 2. The largest absolute Gasteiger partial charge is 0.393 e. The van der Waals surface area contributed by atoms with E-state index in [0.29, 0.717) is 6.42 Å². The molecule has 2 aromatic rings. The first kappa shape index (κ1) is 13.0. The average Bonchev–Trinajstić information content (AvgIpc) is 2.37. The van der Waals surface area contributed by atoms with Crippen molar-refractivity contribution in [3.8, 4) is 0 Å². The molecule has 0 bridgehead atoms. The molecule has 18 heavy (non-hydrogen) atoms. The number of fused-ring (bicyclic) bond motifs is 1. The molecule has 1 unspecified atom stereocenters. The van der Waals surface area contributed by atoms with Crippen molar-refractivity contribution in [2.45, 2.75) is 19.4 Å². The summed E-state index contributed by atoms with van der Waals surface area (Å²) < 4.78 is 0. The lowest BCUT2D eigenvalue weighted by molar-refractivity contribution is 0.195. The van der Waals surface area contributed by atoms with Gasteiger partial charge in [-0.1, -0.05) is 48.6 Å². The van der Waals surface area contributed by atoms with E-state index in [-0.39, 0.29) is 6.10 Å². The summed E-state index contributed by atoms with van der Waals surface area (Å²) in [5, 5.41) is 14.9. The molecular weight excluding hydrogens is 242 g/mol. The molecule has 2 N–H and O–H groups in total. The molecular formula is C15H17NOS. The Bertz CT molecular complexity index is 578. The molecule has 1 atom stereocenters. The molecule has 0 radical (unpaired) electrons. The van der Waals surface area contributed by atoms with E-state index in [0.717, 1.165) is 21.5 Å². The summed E-state index contributed by atoms with van der Waals surface area (Å²) in [4.78, 5) is 0.724. The second-order valence-corrected chi connectivity index (χ2v) is 4.86. The number of benzene rings is 2. The van der Waals surface area contributed by atoms with Crippen molar-refractivity contribution in [1.82, 2.24) is 5.32 Å². The molecule has 0 spiro atoms. The average molecular weight is 259 g/mol. The number of aliphatic hydroxyl groups excluding tert-OH is 1. The van der Waals surface area contributed by atoms with Crippen LogP contribution in [0.15, 0.2) is 36.4 Å². The summed E-state index contributed by atoms with van der Waals surface area (Å²) in [6.45, 7) is 1.79. The summed E-state index contributed by atoms with van der Waals surface area (Å²) in [6, 6.07) is 12.3. The van der Waals surface area contributed by atoms with Crippen LogP contribution in [0.25, 0.3) is 10.8 Å². The van der Waals surface area contributed by atoms with E-state index >= 15 is 0 Å². The van der Waals surface area contributed by atoms with Crippen molar-refractivity contribution in [3.63, 3.8) is 0 Å². The van der Waals surface area contributed by atoms with Crippen LogP contribution in [0.3, 0.4) is 0 Å². The van der Waals surface area contributed by atoms with E-state index in [1.807, 2.05) is 25.2 Å². The van der Waals surface area contributed by atoms with Gasteiger partial charge < -0.3 is 10.4 Å². The van der Waals surface area contributed by atoms with E-state index in [1.165, 1.54) is 5.39 Å². The van der Waals surface area contributed by atoms with Crippen LogP contribution >= 0.6 is 12.2 Å². The van der Waals surface area contributed by atoms with Crippen LogP contribution in [0, 0.1) is 0 Å². The number of hydrogen-bond donors (Lipinski definition) is 2. The molecule has 0 aliphatic rings. The Balaban J connectivity index is 2.67. The van der Waals surface area contributed by atoms with E-state index in [4.69, 9.17) is 12.2 Å². The number of rotatable bonds is 3. The van der Waals surface area contributed by atoms with Gasteiger partial charge in [-0.2, -0.15) is 0 Å². The first-order valence-corrected chi connectivity index (χ1v) is 6.45. The summed E-state index contributed by atoms with van der Waals surface area (Å²) >= 11 is 5.40. The minimum absolute atomic E-state index is 0.371. The van der Waals surface area contributed by atoms with Gasteiger partial charge in [0.1, 0.15) is 4.99 Å². The van der Waals surface area contributed by atoms with Gasteiger partial charge in [0.05, 0.1) is 6.10 Å². The highest BCUT2D eigenvalue weighted by atomic mass is 32.1. The van der Waals surface area contributed by atoms with Crippen molar-refractivity contribution in [3.05, 3.63) is 47.5 Å². The Labute approximate surface area is 113 Å². The lowest BCUT2D eigenvalue weighted by Gasteiger charge is -2.15. The number of thiocarbonyl (C=S) groups is 1. The van der Waals surface area contributed by atoms with Gasteiger partial charge in [0.25, 0.3) is 0 Å². The fraction of sp³-hybridized carbons (Fsp3) is 0.267. The molecule has 0 aromatic heterocycles. The minimum Gasteiger partial charge on any atom is -0.393 e. The van der Waals surface area contributed by atoms with Gasteiger partial charge in [-0.15, -0.1) is 0 Å². The van der Waals surface area contributed by atoms with Crippen LogP contribution < -0.4 is 5.32 Å². The van der Waals surface area contributed by atoms with Gasteiger partial charge in [-0.05, 0) is 29.7 Å². The van der Waals surface area contributed by atoms with Crippen molar-refractivity contribution >= 4 is 28.0 Å². The Morgan fingerprint density at radius 2 is 2.00 bits per heavy atom. The minimum atomic E-state index is -0.371. The molecule has 2 rings (SSSR count). The smallest absolute Gasteiger partial charge is 0.107 e. The van der Waals surface area contributed by atoms with Crippen LogP contribution in [-0.4, -0.2) is 23.2 Å². The van der Waals surface area contributed by atoms with E-state index in [9.17, 15) is 5.11 Å². The summed E-state index contributed by atoms with van der Waals surface area (Å²) in [5.74, 6) is 0. The predicted octanol–water partition coefficient (Wildman–Crippen LogP) is 2.66. The summed E-state index contributed by atoms with van der Waals surface area (Å²) in [7, 11) is 1.83. The molecule has 0 heterocycles. The molecule has 0 aliphatic carbocycles. The van der Waals surface area contributed by atoms with Crippen LogP contribution in [0.5, 0.6) is 0 Å². The van der Waals surface area contributed by atoms with Crippen molar-refractivity contribution in [1.29, 1.82) is 0 Å². The van der Waals surface area contributed by atoms with Gasteiger partial charge in [0, 0.05) is 12.6 Å². The monoisotopic (exact) mass is 259 g/mol. The highest BCUT2D eigenvalue weighted by Gasteiger charge is 2.12. The molecule has 0 saturated heterocycles. The predicted molar refractivity (Wildman–Crippen MR) is 80.1 cm³/mol. The zero-order valence-electron chi connectivity index (χ0n) is 10.6. The van der Waals surface area contributed by atoms with Gasteiger partial charge >= 0.3 is 0 Å². The zero-order valence-corrected chi connectivity index (χ0v) is 11.4. The fourth-order valence-electron chi connectivity index (χ4n) is 2.20. The first-order chi connectivity index (χ1) is 8.63. The van der Waals surface area contributed by atoms with Crippen molar-refractivity contribution in [2.75, 3.05) is 7.05 Å². The SMILES string of the molecule is CNC(=S)c1c(CC(C)O)ccc2ccccc12. The van der Waals surface area contributed by atoms with Gasteiger partial charge in [0.15, 0.2) is 0 Å². The zero-order chi connectivity index (χ0) is 13.1. The third-order valence-electron chi connectivity index (χ3n) is 2.98. The van der Waals surface area contributed by atoms with Crippen LogP contribution in [0.1, 0.15) is 18.1 Å². The molecule has 0 aliphatic heterocycles. The molecule has 2 aromatic carbocycles. The van der Waals surface area contributed by atoms with Crippen LogP contribution in [0.4, 0.5) is 0 Å². The number of aliphatic hydroxyl groups is 1. The number of nitrogens with one attached hydrogen (secondary N) is 1. The normalized spacial score (nSPS) is 12.4. The molecule has 0 fully saturated rings. The highest BCUT2D eigenvalue weighted by molar-refractivity contribution is 7.80. The maximum absolute atomic E-state index is 9.59. The van der Waals surface area contributed by atoms with Gasteiger partial charge in [-0.25, -0.2) is 0 Å². The van der Waals surface area contributed by atoms with Crippen LogP contribution in [0.2, 0.25) is 0 Å². The van der Waals surface area contributed by atoms with E-state index in [1.54, 1.807) is 6.92 Å². The Hall–Kier alpha value is -1.45. The maximum Gasteiger partial charge on any atom is 0.107 e. The molecule has 94 valence electrons. The van der Waals surface area contributed by atoms with Crippen molar-refractivity contribution in [2.24, 2.45) is 0 Å². The van der Waals surface area contributed by atoms with Crippen LogP contribution in [-0.2, 0) is 6.42 Å². The second-order valence-electron chi connectivity index (χ2n) is 4.45. The lowest BCUT2D eigenvalue weighted by atomic mass is 9.95. The van der Waals surface area contributed by atoms with Crippen molar-refractivity contribution < 1.29 is 5.11 Å². The van der Waals surface area contributed by atoms with Gasteiger partial charge in [-0.3, -0.25) is 0 Å². The lowest BCUT2D eigenvalue weighted by Crippen LogP contribution is -2.20. The third kappa shape index (κ3) is 2.52. The topological polar surface area (TPSA) is 32.3 Å². The molecule has 3 heteroatoms. The standard InChI is InChI=1S/C15H17NOS/c1-10(17)9-12-8-7-11-5-3-4-6-13(11)14(12)15(18)16-2/h3-8,10,17H,9H2,1-2H3,(H,16,18). The summed E-state index contributed by atoms with van der Waals surface area (Å²) in [6.07, 6.45) is 0.242. The summed E-state index contributed by atoms with van der Waals surface area (Å²) in [5.41, 5.74) is 2.12. The Morgan fingerprint density at radius 3 is 2.67 bits per heavy atom. The molecule has 0 saturated carbocycles. The Morgan fingerprint density at radius 1 is 1.28 bits per heavy atom. The quantitative estimate of drug-likeness (QED) is 0.831. The fourth-order valence-corrected chi connectivity index (χ4v) is 2.44. The van der Waals surface area contributed by atoms with E-state index < -0.39 is 0 Å². The Kier molecular flexibility index (Phi) is 3.94. The second kappa shape index (κ2) is 5.46. The highest BCUT2D eigenvalue weighted by Crippen LogP contribution is 2.24. The maximum atomic E-state index is 9.59.